The van der Waals surface area contributed by atoms with Crippen molar-refractivity contribution in [2.24, 2.45) is 5.92 Å². The number of amides is 2. The molecule has 3 aromatic rings. The van der Waals surface area contributed by atoms with Crippen molar-refractivity contribution in [3.63, 3.8) is 0 Å². The molecule has 1 aliphatic heterocycles. The minimum atomic E-state index is -0.423. The summed E-state index contributed by atoms with van der Waals surface area (Å²) in [5.41, 5.74) is 2.11. The van der Waals surface area contributed by atoms with Crippen LogP contribution in [0.2, 0.25) is 0 Å². The van der Waals surface area contributed by atoms with E-state index in [0.29, 0.717) is 23.5 Å². The molecule has 1 fully saturated rings. The van der Waals surface area contributed by atoms with Crippen LogP contribution in [0.25, 0.3) is 10.9 Å². The van der Waals surface area contributed by atoms with Gasteiger partial charge in [-0.1, -0.05) is 12.1 Å². The maximum atomic E-state index is 12.9. The zero-order chi connectivity index (χ0) is 19.7. The summed E-state index contributed by atoms with van der Waals surface area (Å²) < 4.78 is 6.17. The molecular weight excluding hydrogens is 422 g/mol. The van der Waals surface area contributed by atoms with E-state index in [4.69, 9.17) is 4.74 Å². The smallest absolute Gasteiger partial charge is 0.229 e. The second-order valence-corrected chi connectivity index (χ2v) is 7.42. The van der Waals surface area contributed by atoms with Crippen molar-refractivity contribution in [2.45, 2.75) is 6.42 Å². The molecule has 2 heterocycles. The molecule has 0 aliphatic carbocycles. The van der Waals surface area contributed by atoms with Gasteiger partial charge < -0.3 is 15.0 Å². The van der Waals surface area contributed by atoms with Gasteiger partial charge in [0.15, 0.2) is 0 Å². The minimum absolute atomic E-state index is 0.0618. The number of methoxy groups -OCH3 is 1. The van der Waals surface area contributed by atoms with Crippen molar-refractivity contribution in [3.8, 4) is 5.75 Å². The highest BCUT2D eigenvalue weighted by atomic mass is 79.9. The molecule has 4 rings (SSSR count). The lowest BCUT2D eigenvalue weighted by molar-refractivity contribution is -0.122. The number of aromatic nitrogens is 1. The van der Waals surface area contributed by atoms with Gasteiger partial charge in [0.1, 0.15) is 11.3 Å². The van der Waals surface area contributed by atoms with Gasteiger partial charge >= 0.3 is 0 Å². The molecule has 1 aromatic heterocycles. The molecule has 1 N–H and O–H groups in total. The Balaban J connectivity index is 1.56. The number of pyridine rings is 1. The van der Waals surface area contributed by atoms with Crippen LogP contribution in [-0.4, -0.2) is 30.5 Å². The van der Waals surface area contributed by atoms with E-state index in [0.717, 1.165) is 15.5 Å². The van der Waals surface area contributed by atoms with Crippen molar-refractivity contribution in [1.29, 1.82) is 0 Å². The summed E-state index contributed by atoms with van der Waals surface area (Å²) in [5, 5.41) is 3.75. The third kappa shape index (κ3) is 3.33. The Kier molecular flexibility index (Phi) is 5.00. The third-order valence-electron chi connectivity index (χ3n) is 4.85. The van der Waals surface area contributed by atoms with Crippen LogP contribution < -0.4 is 15.0 Å². The molecule has 2 amide bonds. The van der Waals surface area contributed by atoms with Crippen molar-refractivity contribution >= 4 is 50.0 Å². The van der Waals surface area contributed by atoms with Gasteiger partial charge in [-0.15, -0.1) is 0 Å². The third-order valence-corrected chi connectivity index (χ3v) is 5.52. The summed E-state index contributed by atoms with van der Waals surface area (Å²) in [4.78, 5) is 31.4. The summed E-state index contributed by atoms with van der Waals surface area (Å²) in [6.07, 6.45) is 1.86. The number of benzene rings is 2. The van der Waals surface area contributed by atoms with E-state index in [2.05, 4.69) is 26.2 Å². The fraction of sp³-hybridized carbons (Fsp3) is 0.190. The number of rotatable bonds is 4. The first kappa shape index (κ1) is 18.4. The predicted octanol–water partition coefficient (Wildman–Crippen LogP) is 4.00. The zero-order valence-electron chi connectivity index (χ0n) is 15.2. The number of carbonyl (C=O) groups is 2. The standard InChI is InChI=1S/C21H18BrN3O3/c1-28-18-9-8-16(14-5-4-10-23-20(14)18)24-21(27)13-11-19(26)25(12-13)17-7-3-2-6-15(17)22/h2-10,13H,11-12H2,1H3,(H,24,27). The molecule has 6 nitrogen and oxygen atoms in total. The van der Waals surface area contributed by atoms with E-state index in [9.17, 15) is 9.59 Å². The Morgan fingerprint density at radius 1 is 1.21 bits per heavy atom. The van der Waals surface area contributed by atoms with E-state index in [-0.39, 0.29) is 18.2 Å². The molecule has 1 atom stereocenters. The SMILES string of the molecule is COc1ccc(NC(=O)C2CC(=O)N(c3ccccc3Br)C2)c2cccnc12. The van der Waals surface area contributed by atoms with Crippen LogP contribution in [0.4, 0.5) is 11.4 Å². The normalized spacial score (nSPS) is 16.4. The molecule has 0 radical (unpaired) electrons. The van der Waals surface area contributed by atoms with Crippen LogP contribution in [-0.2, 0) is 9.59 Å². The molecule has 0 saturated carbocycles. The van der Waals surface area contributed by atoms with Crippen LogP contribution in [0.1, 0.15) is 6.42 Å². The van der Waals surface area contributed by atoms with Gasteiger partial charge in [0.25, 0.3) is 0 Å². The quantitative estimate of drug-likeness (QED) is 0.666. The van der Waals surface area contributed by atoms with E-state index in [1.165, 1.54) is 0 Å². The number of para-hydroxylation sites is 1. The number of hydrogen-bond donors (Lipinski definition) is 1. The van der Waals surface area contributed by atoms with Crippen molar-refractivity contribution in [2.75, 3.05) is 23.9 Å². The first-order valence-corrected chi connectivity index (χ1v) is 9.65. The van der Waals surface area contributed by atoms with Crippen LogP contribution in [0.3, 0.4) is 0 Å². The van der Waals surface area contributed by atoms with E-state index < -0.39 is 5.92 Å². The molecule has 2 aromatic carbocycles. The second-order valence-electron chi connectivity index (χ2n) is 6.56. The number of nitrogens with one attached hydrogen (secondary N) is 1. The van der Waals surface area contributed by atoms with Crippen molar-refractivity contribution in [1.82, 2.24) is 4.98 Å². The lowest BCUT2D eigenvalue weighted by Gasteiger charge is -2.18. The number of hydrogen-bond acceptors (Lipinski definition) is 4. The molecule has 0 bridgehead atoms. The number of anilines is 2. The maximum absolute atomic E-state index is 12.9. The molecule has 1 aliphatic rings. The fourth-order valence-corrected chi connectivity index (χ4v) is 3.94. The molecular formula is C21H18BrN3O3. The predicted molar refractivity (Wildman–Crippen MR) is 112 cm³/mol. The van der Waals surface area contributed by atoms with Crippen molar-refractivity contribution in [3.05, 3.63) is 59.2 Å². The topological polar surface area (TPSA) is 71.5 Å². The van der Waals surface area contributed by atoms with Crippen LogP contribution >= 0.6 is 15.9 Å². The van der Waals surface area contributed by atoms with E-state index in [1.807, 2.05) is 36.4 Å². The van der Waals surface area contributed by atoms with Crippen LogP contribution in [0.15, 0.2) is 59.2 Å². The van der Waals surface area contributed by atoms with E-state index >= 15 is 0 Å². The zero-order valence-corrected chi connectivity index (χ0v) is 16.8. The fourth-order valence-electron chi connectivity index (χ4n) is 3.44. The second kappa shape index (κ2) is 7.59. The number of fused-ring (bicyclic) bond motifs is 1. The molecule has 1 unspecified atom stereocenters. The average Bonchev–Trinajstić information content (AvgIpc) is 3.10. The summed E-state index contributed by atoms with van der Waals surface area (Å²) in [7, 11) is 1.59. The maximum Gasteiger partial charge on any atom is 0.229 e. The molecule has 0 spiro atoms. The molecule has 7 heteroatoms. The van der Waals surface area contributed by atoms with Crippen molar-refractivity contribution < 1.29 is 14.3 Å². The molecule has 142 valence electrons. The summed E-state index contributed by atoms with van der Waals surface area (Å²) in [5.74, 6) is -0.0234. The summed E-state index contributed by atoms with van der Waals surface area (Å²) >= 11 is 3.47. The monoisotopic (exact) mass is 439 g/mol. The average molecular weight is 440 g/mol. The largest absolute Gasteiger partial charge is 0.494 e. The highest BCUT2D eigenvalue weighted by Crippen LogP contribution is 2.33. The highest BCUT2D eigenvalue weighted by Gasteiger charge is 2.36. The number of halogens is 1. The Hall–Kier alpha value is -2.93. The van der Waals surface area contributed by atoms with Gasteiger partial charge in [0, 0.05) is 29.0 Å². The summed E-state index contributed by atoms with van der Waals surface area (Å²) in [6, 6.07) is 14.8. The number of ether oxygens (including phenoxy) is 1. The van der Waals surface area contributed by atoms with Gasteiger partial charge in [-0.2, -0.15) is 0 Å². The Morgan fingerprint density at radius 2 is 2.04 bits per heavy atom. The van der Waals surface area contributed by atoms with E-state index in [1.54, 1.807) is 30.3 Å². The lowest BCUT2D eigenvalue weighted by atomic mass is 10.1. The molecule has 1 saturated heterocycles. The van der Waals surface area contributed by atoms with Crippen LogP contribution in [0.5, 0.6) is 5.75 Å². The minimum Gasteiger partial charge on any atom is -0.494 e. The van der Waals surface area contributed by atoms with Gasteiger partial charge in [-0.05, 0) is 52.3 Å². The Morgan fingerprint density at radius 3 is 2.82 bits per heavy atom. The first-order chi connectivity index (χ1) is 13.6. The highest BCUT2D eigenvalue weighted by molar-refractivity contribution is 9.10. The number of nitrogens with zero attached hydrogens (tertiary/aromatic N) is 2. The van der Waals surface area contributed by atoms with Gasteiger partial charge in [-0.25, -0.2) is 0 Å². The summed E-state index contributed by atoms with van der Waals surface area (Å²) in [6.45, 7) is 0.347. The molecule has 28 heavy (non-hydrogen) atoms. The Bertz CT molecular complexity index is 1070. The van der Waals surface area contributed by atoms with Gasteiger partial charge in [0.2, 0.25) is 11.8 Å². The number of carbonyl (C=O) groups excluding carboxylic acids is 2. The van der Waals surface area contributed by atoms with Crippen LogP contribution in [0, 0.1) is 5.92 Å². The first-order valence-electron chi connectivity index (χ1n) is 8.86. The van der Waals surface area contributed by atoms with Gasteiger partial charge in [0.05, 0.1) is 24.4 Å². The van der Waals surface area contributed by atoms with Gasteiger partial charge in [-0.3, -0.25) is 14.6 Å². The lowest BCUT2D eigenvalue weighted by Crippen LogP contribution is -2.28. The Labute approximate surface area is 170 Å².